The standard InChI is InChI=1S/C19H15F3N4O2S/c20-19(21,22)18-24-23-17-11-25(7-8-26(17)18)29(27,28)14-5-6-16-13(10-14)9-12-3-1-2-4-15(12)16/h1-6,10H,7-9,11H2. The van der Waals surface area contributed by atoms with E-state index in [4.69, 9.17) is 0 Å². The molecule has 0 fully saturated rings. The second-order valence-electron chi connectivity index (χ2n) is 7.08. The molecule has 0 saturated carbocycles. The van der Waals surface area contributed by atoms with Crippen molar-refractivity contribution in [3.8, 4) is 11.1 Å². The summed E-state index contributed by atoms with van der Waals surface area (Å²) < 4.78 is 67.3. The molecule has 1 aliphatic carbocycles. The van der Waals surface area contributed by atoms with Crippen molar-refractivity contribution in [1.29, 1.82) is 0 Å². The molecule has 6 nitrogen and oxygen atoms in total. The molecular weight excluding hydrogens is 405 g/mol. The Balaban J connectivity index is 1.46. The van der Waals surface area contributed by atoms with Crippen molar-refractivity contribution in [2.24, 2.45) is 0 Å². The fourth-order valence-corrected chi connectivity index (χ4v) is 5.42. The van der Waals surface area contributed by atoms with E-state index in [1.807, 2.05) is 24.3 Å². The fourth-order valence-electron chi connectivity index (χ4n) is 3.98. The van der Waals surface area contributed by atoms with E-state index in [0.29, 0.717) is 6.42 Å². The molecule has 0 spiro atoms. The van der Waals surface area contributed by atoms with E-state index in [2.05, 4.69) is 10.2 Å². The third kappa shape index (κ3) is 2.85. The van der Waals surface area contributed by atoms with Crippen molar-refractivity contribution in [1.82, 2.24) is 19.1 Å². The molecule has 1 aromatic heterocycles. The van der Waals surface area contributed by atoms with Crippen LogP contribution in [0.25, 0.3) is 11.1 Å². The van der Waals surface area contributed by atoms with Crippen molar-refractivity contribution in [2.75, 3.05) is 6.54 Å². The van der Waals surface area contributed by atoms with Gasteiger partial charge in [0, 0.05) is 13.1 Å². The Morgan fingerprint density at radius 1 is 0.931 bits per heavy atom. The van der Waals surface area contributed by atoms with Gasteiger partial charge in [0.15, 0.2) is 0 Å². The second kappa shape index (κ2) is 6.14. The van der Waals surface area contributed by atoms with Gasteiger partial charge in [-0.3, -0.25) is 0 Å². The summed E-state index contributed by atoms with van der Waals surface area (Å²) in [6.45, 7) is -0.469. The minimum Gasteiger partial charge on any atom is -0.305 e. The summed E-state index contributed by atoms with van der Waals surface area (Å²) in [6, 6.07) is 12.9. The van der Waals surface area contributed by atoms with E-state index in [0.717, 1.165) is 31.1 Å². The van der Waals surface area contributed by atoms with E-state index >= 15 is 0 Å². The third-order valence-electron chi connectivity index (χ3n) is 5.37. The molecule has 3 aromatic rings. The first kappa shape index (κ1) is 18.3. The Kier molecular flexibility index (Phi) is 3.88. The zero-order valence-corrected chi connectivity index (χ0v) is 15.8. The van der Waals surface area contributed by atoms with Crippen molar-refractivity contribution in [3.05, 3.63) is 65.2 Å². The maximum absolute atomic E-state index is 13.1. The first-order chi connectivity index (χ1) is 13.7. The van der Waals surface area contributed by atoms with Crippen LogP contribution in [0.15, 0.2) is 47.4 Å². The van der Waals surface area contributed by atoms with Gasteiger partial charge in [0.1, 0.15) is 5.82 Å². The molecule has 150 valence electrons. The smallest absolute Gasteiger partial charge is 0.305 e. The number of aromatic nitrogens is 3. The topological polar surface area (TPSA) is 68.1 Å². The predicted octanol–water partition coefficient (Wildman–Crippen LogP) is 3.07. The molecule has 0 radical (unpaired) electrons. The van der Waals surface area contributed by atoms with Crippen LogP contribution in [0.4, 0.5) is 13.2 Å². The van der Waals surface area contributed by atoms with Gasteiger partial charge in [0.2, 0.25) is 15.8 Å². The van der Waals surface area contributed by atoms with Crippen LogP contribution in [0.1, 0.15) is 22.8 Å². The van der Waals surface area contributed by atoms with Gasteiger partial charge in [0.25, 0.3) is 0 Å². The van der Waals surface area contributed by atoms with Crippen LogP contribution in [0, 0.1) is 0 Å². The van der Waals surface area contributed by atoms with Gasteiger partial charge < -0.3 is 4.57 Å². The fraction of sp³-hybridized carbons (Fsp3) is 0.263. The maximum Gasteiger partial charge on any atom is 0.451 e. The molecule has 0 atom stereocenters. The zero-order valence-electron chi connectivity index (χ0n) is 15.0. The van der Waals surface area contributed by atoms with Crippen molar-refractivity contribution in [2.45, 2.75) is 30.6 Å². The Labute approximate surface area is 164 Å². The van der Waals surface area contributed by atoms with Crippen LogP contribution >= 0.6 is 0 Å². The van der Waals surface area contributed by atoms with Gasteiger partial charge >= 0.3 is 6.18 Å². The average molecular weight is 420 g/mol. The Hall–Kier alpha value is -2.72. The third-order valence-corrected chi connectivity index (χ3v) is 7.22. The molecule has 0 unspecified atom stereocenters. The van der Waals surface area contributed by atoms with Crippen molar-refractivity contribution < 1.29 is 21.6 Å². The molecular formula is C19H15F3N4O2S. The van der Waals surface area contributed by atoms with Crippen LogP contribution in [-0.2, 0) is 35.7 Å². The summed E-state index contributed by atoms with van der Waals surface area (Å²) in [5, 5.41) is 6.75. The normalized spacial score (nSPS) is 16.4. The van der Waals surface area contributed by atoms with Crippen LogP contribution in [-0.4, -0.2) is 34.0 Å². The summed E-state index contributed by atoms with van der Waals surface area (Å²) in [7, 11) is -3.87. The number of fused-ring (bicyclic) bond motifs is 4. The molecule has 0 N–H and O–H groups in total. The number of hydrogen-bond donors (Lipinski definition) is 0. The zero-order chi connectivity index (χ0) is 20.4. The van der Waals surface area contributed by atoms with Gasteiger partial charge in [-0.1, -0.05) is 30.3 Å². The highest BCUT2D eigenvalue weighted by Gasteiger charge is 2.41. The molecule has 0 amide bonds. The van der Waals surface area contributed by atoms with E-state index in [9.17, 15) is 21.6 Å². The highest BCUT2D eigenvalue weighted by atomic mass is 32.2. The van der Waals surface area contributed by atoms with Gasteiger partial charge in [-0.05, 0) is 40.8 Å². The molecule has 29 heavy (non-hydrogen) atoms. The number of rotatable bonds is 2. The highest BCUT2D eigenvalue weighted by molar-refractivity contribution is 7.89. The molecule has 0 bridgehead atoms. The average Bonchev–Trinajstić information content (AvgIpc) is 3.28. The number of sulfonamides is 1. The van der Waals surface area contributed by atoms with Gasteiger partial charge in [0.05, 0.1) is 11.4 Å². The Bertz CT molecular complexity index is 1230. The lowest BCUT2D eigenvalue weighted by Crippen LogP contribution is -2.39. The quantitative estimate of drug-likeness (QED) is 0.500. The van der Waals surface area contributed by atoms with E-state index in [-0.39, 0.29) is 30.4 Å². The molecule has 2 heterocycles. The first-order valence-electron chi connectivity index (χ1n) is 8.96. The summed E-state index contributed by atoms with van der Waals surface area (Å²) in [4.78, 5) is 0.132. The van der Waals surface area contributed by atoms with Gasteiger partial charge in [-0.15, -0.1) is 10.2 Å². The summed E-state index contributed by atoms with van der Waals surface area (Å²) in [6.07, 6.45) is -3.97. The maximum atomic E-state index is 13.1. The van der Waals surface area contributed by atoms with E-state index in [1.165, 1.54) is 0 Å². The largest absolute Gasteiger partial charge is 0.451 e. The summed E-state index contributed by atoms with van der Waals surface area (Å²) in [5.41, 5.74) is 4.17. The molecule has 2 aromatic carbocycles. The number of benzene rings is 2. The number of nitrogens with zero attached hydrogens (tertiary/aromatic N) is 4. The minimum absolute atomic E-state index is 0.0132. The Morgan fingerprint density at radius 3 is 2.48 bits per heavy atom. The lowest BCUT2D eigenvalue weighted by molar-refractivity contribution is -0.147. The number of halogens is 3. The first-order valence-corrected chi connectivity index (χ1v) is 10.4. The lowest BCUT2D eigenvalue weighted by Gasteiger charge is -2.27. The molecule has 2 aliphatic rings. The van der Waals surface area contributed by atoms with Crippen LogP contribution in [0.2, 0.25) is 0 Å². The number of hydrogen-bond acceptors (Lipinski definition) is 4. The predicted molar refractivity (Wildman–Crippen MR) is 97.3 cm³/mol. The molecule has 5 rings (SSSR count). The van der Waals surface area contributed by atoms with Crippen molar-refractivity contribution >= 4 is 10.0 Å². The van der Waals surface area contributed by atoms with Crippen LogP contribution in [0.5, 0.6) is 0 Å². The lowest BCUT2D eigenvalue weighted by atomic mass is 10.1. The van der Waals surface area contributed by atoms with E-state index < -0.39 is 22.0 Å². The monoisotopic (exact) mass is 420 g/mol. The van der Waals surface area contributed by atoms with Gasteiger partial charge in [-0.25, -0.2) is 8.42 Å². The minimum atomic E-state index is -4.62. The summed E-state index contributed by atoms with van der Waals surface area (Å²) in [5.74, 6) is -1.11. The molecule has 1 aliphatic heterocycles. The highest BCUT2D eigenvalue weighted by Crippen LogP contribution is 2.38. The summed E-state index contributed by atoms with van der Waals surface area (Å²) >= 11 is 0. The second-order valence-corrected chi connectivity index (χ2v) is 9.02. The SMILES string of the molecule is O=S(=O)(c1ccc2c(c1)Cc1ccccc1-2)N1CCn2c(nnc2C(F)(F)F)C1. The molecule has 0 saturated heterocycles. The van der Waals surface area contributed by atoms with Crippen LogP contribution < -0.4 is 0 Å². The molecule has 10 heteroatoms. The van der Waals surface area contributed by atoms with E-state index in [1.54, 1.807) is 18.2 Å². The van der Waals surface area contributed by atoms with Crippen LogP contribution in [0.3, 0.4) is 0 Å². The Morgan fingerprint density at radius 2 is 1.69 bits per heavy atom. The van der Waals surface area contributed by atoms with Crippen molar-refractivity contribution in [3.63, 3.8) is 0 Å². The van der Waals surface area contributed by atoms with Gasteiger partial charge in [-0.2, -0.15) is 17.5 Å². The number of alkyl halides is 3.